The summed E-state index contributed by atoms with van der Waals surface area (Å²) in [6.45, 7) is 0. The molecule has 1 unspecified atom stereocenters. The molecule has 0 amide bonds. The number of carbonyl (C=O) groups is 1. The van der Waals surface area contributed by atoms with Crippen molar-refractivity contribution in [3.8, 4) is 0 Å². The minimum atomic E-state index is -0.876. The van der Waals surface area contributed by atoms with Crippen molar-refractivity contribution in [2.75, 3.05) is 0 Å². The molecule has 1 aromatic heterocycles. The van der Waals surface area contributed by atoms with Crippen LogP contribution in [-0.2, 0) is 4.79 Å². The number of carboxylic acids is 1. The number of hydrogen-bond acceptors (Lipinski definition) is 2. The van der Waals surface area contributed by atoms with Crippen LogP contribution in [0.5, 0.6) is 0 Å². The van der Waals surface area contributed by atoms with Gasteiger partial charge in [-0.15, -0.1) is 0 Å². The van der Waals surface area contributed by atoms with Gasteiger partial charge in [-0.25, -0.2) is 4.39 Å². The molecule has 94 valence electrons. The highest BCUT2D eigenvalue weighted by Crippen LogP contribution is 2.45. The van der Waals surface area contributed by atoms with E-state index < -0.39 is 5.97 Å². The standard InChI is InChI=1S/C14H13FO3/c15-14-9(3-4-12-10(14)5-6-18-12)11(7-13(16)17)8-1-2-8/h3-6,8,11H,1-2,7H2,(H,16,17). The molecule has 0 radical (unpaired) electrons. The molecular formula is C14H13FO3. The van der Waals surface area contributed by atoms with Crippen LogP contribution >= 0.6 is 0 Å². The SMILES string of the molecule is O=C(O)CC(c1ccc2occc2c1F)C1CC1. The Morgan fingerprint density at radius 1 is 1.44 bits per heavy atom. The van der Waals surface area contributed by atoms with E-state index in [9.17, 15) is 9.18 Å². The Balaban J connectivity index is 2.05. The van der Waals surface area contributed by atoms with E-state index in [-0.39, 0.29) is 18.2 Å². The van der Waals surface area contributed by atoms with Gasteiger partial charge in [-0.1, -0.05) is 6.07 Å². The minimum Gasteiger partial charge on any atom is -0.481 e. The molecular weight excluding hydrogens is 235 g/mol. The summed E-state index contributed by atoms with van der Waals surface area (Å²) in [6, 6.07) is 4.96. The van der Waals surface area contributed by atoms with E-state index in [2.05, 4.69) is 0 Å². The van der Waals surface area contributed by atoms with Crippen LogP contribution in [0.4, 0.5) is 4.39 Å². The van der Waals surface area contributed by atoms with Crippen LogP contribution in [0.1, 0.15) is 30.7 Å². The van der Waals surface area contributed by atoms with Crippen molar-refractivity contribution in [1.29, 1.82) is 0 Å². The Hall–Kier alpha value is -1.84. The first kappa shape index (κ1) is 11.3. The van der Waals surface area contributed by atoms with Crippen LogP contribution in [0.3, 0.4) is 0 Å². The lowest BCUT2D eigenvalue weighted by atomic mass is 9.90. The molecule has 0 spiro atoms. The molecule has 1 saturated carbocycles. The third-order valence-corrected chi connectivity index (χ3v) is 3.58. The molecule has 1 fully saturated rings. The fourth-order valence-corrected chi connectivity index (χ4v) is 2.53. The van der Waals surface area contributed by atoms with Crippen molar-refractivity contribution < 1.29 is 18.7 Å². The van der Waals surface area contributed by atoms with Gasteiger partial charge in [-0.05, 0) is 36.5 Å². The van der Waals surface area contributed by atoms with E-state index >= 15 is 0 Å². The van der Waals surface area contributed by atoms with Crippen molar-refractivity contribution in [1.82, 2.24) is 0 Å². The van der Waals surface area contributed by atoms with Gasteiger partial charge in [0.15, 0.2) is 0 Å². The average Bonchev–Trinajstić information content (AvgIpc) is 3.05. The summed E-state index contributed by atoms with van der Waals surface area (Å²) in [6.07, 6.45) is 3.41. The number of fused-ring (bicyclic) bond motifs is 1. The first-order valence-corrected chi connectivity index (χ1v) is 6.04. The number of hydrogen-bond donors (Lipinski definition) is 1. The maximum Gasteiger partial charge on any atom is 0.303 e. The fraction of sp³-hybridized carbons (Fsp3) is 0.357. The summed E-state index contributed by atoms with van der Waals surface area (Å²) in [5.41, 5.74) is 1.01. The first-order chi connectivity index (χ1) is 8.66. The normalized spacial score (nSPS) is 16.9. The minimum absolute atomic E-state index is 0.00898. The van der Waals surface area contributed by atoms with Crippen molar-refractivity contribution >= 4 is 16.9 Å². The maximum atomic E-state index is 14.3. The highest BCUT2D eigenvalue weighted by atomic mass is 19.1. The number of furan rings is 1. The van der Waals surface area contributed by atoms with Crippen molar-refractivity contribution in [2.24, 2.45) is 5.92 Å². The lowest BCUT2D eigenvalue weighted by Gasteiger charge is -2.15. The molecule has 1 aliphatic carbocycles. The van der Waals surface area contributed by atoms with Crippen LogP contribution in [0.15, 0.2) is 28.9 Å². The molecule has 1 aromatic carbocycles. The van der Waals surface area contributed by atoms with Crippen LogP contribution in [0.25, 0.3) is 11.0 Å². The quantitative estimate of drug-likeness (QED) is 0.900. The lowest BCUT2D eigenvalue weighted by molar-refractivity contribution is -0.137. The van der Waals surface area contributed by atoms with Gasteiger partial charge in [0.2, 0.25) is 0 Å². The molecule has 0 saturated heterocycles. The Morgan fingerprint density at radius 2 is 2.22 bits per heavy atom. The summed E-state index contributed by atoms with van der Waals surface area (Å²) in [5, 5.41) is 9.38. The monoisotopic (exact) mass is 248 g/mol. The number of halogens is 1. The molecule has 1 aliphatic rings. The third-order valence-electron chi connectivity index (χ3n) is 3.58. The van der Waals surface area contributed by atoms with Crippen molar-refractivity contribution in [3.05, 3.63) is 35.8 Å². The molecule has 1 atom stereocenters. The Bertz CT molecular complexity index is 598. The second kappa shape index (κ2) is 4.12. The summed E-state index contributed by atoms with van der Waals surface area (Å²) < 4.78 is 19.5. The van der Waals surface area contributed by atoms with Gasteiger partial charge < -0.3 is 9.52 Å². The van der Waals surface area contributed by atoms with Gasteiger partial charge >= 0.3 is 5.97 Å². The summed E-state index contributed by atoms with van der Waals surface area (Å²) in [5.74, 6) is -1.13. The van der Waals surface area contributed by atoms with Gasteiger partial charge in [0.05, 0.1) is 18.1 Å². The molecule has 0 bridgehead atoms. The zero-order valence-corrected chi connectivity index (χ0v) is 9.73. The van der Waals surface area contributed by atoms with Gasteiger partial charge in [-0.3, -0.25) is 4.79 Å². The van der Waals surface area contributed by atoms with E-state index in [0.717, 1.165) is 12.8 Å². The van der Waals surface area contributed by atoms with Crippen molar-refractivity contribution in [2.45, 2.75) is 25.2 Å². The Kier molecular flexibility index (Phi) is 2.58. The Morgan fingerprint density at radius 3 is 2.89 bits per heavy atom. The number of aliphatic carboxylic acids is 1. The van der Waals surface area contributed by atoms with Gasteiger partial charge in [0.25, 0.3) is 0 Å². The summed E-state index contributed by atoms with van der Waals surface area (Å²) in [4.78, 5) is 10.9. The highest BCUT2D eigenvalue weighted by Gasteiger charge is 2.35. The fourth-order valence-electron chi connectivity index (χ4n) is 2.53. The second-order valence-electron chi connectivity index (χ2n) is 4.84. The van der Waals surface area contributed by atoms with E-state index in [1.54, 1.807) is 18.2 Å². The van der Waals surface area contributed by atoms with Crippen LogP contribution < -0.4 is 0 Å². The first-order valence-electron chi connectivity index (χ1n) is 6.04. The van der Waals surface area contributed by atoms with Crippen LogP contribution in [-0.4, -0.2) is 11.1 Å². The van der Waals surface area contributed by atoms with E-state index in [4.69, 9.17) is 9.52 Å². The summed E-state index contributed by atoms with van der Waals surface area (Å²) >= 11 is 0. The predicted octanol–water partition coefficient (Wildman–Crippen LogP) is 3.54. The van der Waals surface area contributed by atoms with E-state index in [1.165, 1.54) is 6.26 Å². The largest absolute Gasteiger partial charge is 0.481 e. The van der Waals surface area contributed by atoms with E-state index in [0.29, 0.717) is 22.5 Å². The Labute approximate surface area is 103 Å². The molecule has 3 rings (SSSR count). The maximum absolute atomic E-state index is 14.3. The zero-order chi connectivity index (χ0) is 12.7. The molecule has 0 aliphatic heterocycles. The molecule has 1 heterocycles. The molecule has 1 N–H and O–H groups in total. The number of benzene rings is 1. The highest BCUT2D eigenvalue weighted by molar-refractivity contribution is 5.79. The van der Waals surface area contributed by atoms with Gasteiger partial charge in [0, 0.05) is 5.92 Å². The van der Waals surface area contributed by atoms with Crippen LogP contribution in [0.2, 0.25) is 0 Å². The molecule has 18 heavy (non-hydrogen) atoms. The summed E-state index contributed by atoms with van der Waals surface area (Å²) in [7, 11) is 0. The smallest absolute Gasteiger partial charge is 0.303 e. The lowest BCUT2D eigenvalue weighted by Crippen LogP contribution is -2.10. The van der Waals surface area contributed by atoms with Gasteiger partial charge in [-0.2, -0.15) is 0 Å². The number of carboxylic acid groups (broad SMARTS) is 1. The number of rotatable bonds is 4. The second-order valence-corrected chi connectivity index (χ2v) is 4.84. The molecule has 4 heteroatoms. The van der Waals surface area contributed by atoms with Crippen LogP contribution in [0, 0.1) is 11.7 Å². The third kappa shape index (κ3) is 1.88. The molecule has 3 nitrogen and oxygen atoms in total. The topological polar surface area (TPSA) is 50.4 Å². The van der Waals surface area contributed by atoms with Crippen molar-refractivity contribution in [3.63, 3.8) is 0 Å². The molecule has 2 aromatic rings. The predicted molar refractivity (Wildman–Crippen MR) is 63.9 cm³/mol. The van der Waals surface area contributed by atoms with Gasteiger partial charge in [0.1, 0.15) is 11.4 Å². The average molecular weight is 248 g/mol. The van der Waals surface area contributed by atoms with E-state index in [1.807, 2.05) is 0 Å². The zero-order valence-electron chi connectivity index (χ0n) is 9.73.